The van der Waals surface area contributed by atoms with Gasteiger partial charge in [0.1, 0.15) is 0 Å². The zero-order chi connectivity index (χ0) is 14.8. The molecule has 0 aliphatic carbocycles. The number of rotatable bonds is 4. The minimum atomic E-state index is -0.402. The summed E-state index contributed by atoms with van der Waals surface area (Å²) in [6.07, 6.45) is 3.63. The van der Waals surface area contributed by atoms with E-state index in [0.717, 1.165) is 10.9 Å². The van der Waals surface area contributed by atoms with Crippen LogP contribution in [0.1, 0.15) is 0 Å². The Kier molecular flexibility index (Phi) is 3.27. The van der Waals surface area contributed by atoms with Crippen LogP contribution in [0.4, 0.5) is 5.69 Å². The van der Waals surface area contributed by atoms with E-state index in [1.54, 1.807) is 29.0 Å². The molecule has 106 valence electrons. The van der Waals surface area contributed by atoms with Crippen LogP contribution in [0.3, 0.4) is 0 Å². The van der Waals surface area contributed by atoms with Crippen molar-refractivity contribution in [3.63, 3.8) is 0 Å². The van der Waals surface area contributed by atoms with E-state index in [0.29, 0.717) is 13.1 Å². The van der Waals surface area contributed by atoms with Gasteiger partial charge in [-0.2, -0.15) is 0 Å². The van der Waals surface area contributed by atoms with Crippen LogP contribution in [-0.2, 0) is 13.1 Å². The van der Waals surface area contributed by atoms with Gasteiger partial charge in [0.05, 0.1) is 4.92 Å². The Bertz CT molecular complexity index is 864. The first-order valence-corrected chi connectivity index (χ1v) is 6.54. The molecule has 0 aliphatic heterocycles. The molecular formula is C15H13N3O3. The third-order valence-corrected chi connectivity index (χ3v) is 3.45. The van der Waals surface area contributed by atoms with E-state index in [1.807, 2.05) is 22.9 Å². The van der Waals surface area contributed by atoms with Crippen LogP contribution >= 0.6 is 0 Å². The molecule has 6 nitrogen and oxygen atoms in total. The lowest BCUT2D eigenvalue weighted by Gasteiger charge is -2.07. The standard InChI is InChI=1S/C15H13N3O3/c19-15-3-1-2-7-17(15)10-9-16-8-6-12-11-13(18(20)21)4-5-14(12)16/h1-8,11H,9-10H2. The number of nitrogens with zero attached hydrogens (tertiary/aromatic N) is 3. The summed E-state index contributed by atoms with van der Waals surface area (Å²) in [7, 11) is 0. The summed E-state index contributed by atoms with van der Waals surface area (Å²) >= 11 is 0. The highest BCUT2D eigenvalue weighted by molar-refractivity contribution is 5.82. The molecule has 1 aromatic carbocycles. The number of aromatic nitrogens is 2. The van der Waals surface area contributed by atoms with Gasteiger partial charge >= 0.3 is 0 Å². The number of hydrogen-bond acceptors (Lipinski definition) is 3. The van der Waals surface area contributed by atoms with E-state index in [9.17, 15) is 14.9 Å². The average Bonchev–Trinajstić information content (AvgIpc) is 2.88. The number of fused-ring (bicyclic) bond motifs is 1. The molecule has 0 fully saturated rings. The van der Waals surface area contributed by atoms with Crippen molar-refractivity contribution in [1.82, 2.24) is 9.13 Å². The van der Waals surface area contributed by atoms with Crippen LogP contribution < -0.4 is 5.56 Å². The van der Waals surface area contributed by atoms with Crippen molar-refractivity contribution < 1.29 is 4.92 Å². The molecule has 0 saturated carbocycles. The molecule has 3 aromatic rings. The first kappa shape index (κ1) is 13.1. The molecule has 21 heavy (non-hydrogen) atoms. The Labute approximate surface area is 120 Å². The van der Waals surface area contributed by atoms with Crippen LogP contribution in [0.15, 0.2) is 59.7 Å². The van der Waals surface area contributed by atoms with Crippen LogP contribution in [0.2, 0.25) is 0 Å². The van der Waals surface area contributed by atoms with Gasteiger partial charge in [-0.1, -0.05) is 6.07 Å². The summed E-state index contributed by atoms with van der Waals surface area (Å²) in [5.41, 5.74) is 0.966. The van der Waals surface area contributed by atoms with E-state index in [2.05, 4.69) is 0 Å². The van der Waals surface area contributed by atoms with Crippen LogP contribution in [-0.4, -0.2) is 14.1 Å². The van der Waals surface area contributed by atoms with E-state index in [-0.39, 0.29) is 11.2 Å². The second kappa shape index (κ2) is 5.24. The molecule has 0 aliphatic rings. The van der Waals surface area contributed by atoms with E-state index < -0.39 is 4.92 Å². The first-order chi connectivity index (χ1) is 10.1. The summed E-state index contributed by atoms with van der Waals surface area (Å²) in [5.74, 6) is 0. The first-order valence-electron chi connectivity index (χ1n) is 6.54. The molecule has 3 rings (SSSR count). The molecule has 2 heterocycles. The van der Waals surface area contributed by atoms with Crippen molar-refractivity contribution in [2.45, 2.75) is 13.1 Å². The maximum Gasteiger partial charge on any atom is 0.270 e. The second-order valence-electron chi connectivity index (χ2n) is 4.74. The van der Waals surface area contributed by atoms with E-state index in [4.69, 9.17) is 0 Å². The number of nitro groups is 1. The van der Waals surface area contributed by atoms with Gasteiger partial charge in [-0.05, 0) is 18.2 Å². The number of benzene rings is 1. The summed E-state index contributed by atoms with van der Waals surface area (Å²) < 4.78 is 3.62. The number of nitro benzene ring substituents is 1. The van der Waals surface area contributed by atoms with Gasteiger partial charge < -0.3 is 9.13 Å². The van der Waals surface area contributed by atoms with Crippen molar-refractivity contribution in [3.05, 3.63) is 75.3 Å². The fourth-order valence-electron chi connectivity index (χ4n) is 2.36. The Morgan fingerprint density at radius 2 is 1.81 bits per heavy atom. The summed E-state index contributed by atoms with van der Waals surface area (Å²) in [4.78, 5) is 22.0. The van der Waals surface area contributed by atoms with Gasteiger partial charge in [-0.25, -0.2) is 0 Å². The highest BCUT2D eigenvalue weighted by Gasteiger charge is 2.08. The number of non-ortho nitro benzene ring substituents is 1. The van der Waals surface area contributed by atoms with Gasteiger partial charge in [0.2, 0.25) is 0 Å². The highest BCUT2D eigenvalue weighted by atomic mass is 16.6. The summed E-state index contributed by atoms with van der Waals surface area (Å²) in [6.45, 7) is 1.19. The zero-order valence-corrected chi connectivity index (χ0v) is 11.2. The highest BCUT2D eigenvalue weighted by Crippen LogP contribution is 2.21. The Hall–Kier alpha value is -2.89. The molecular weight excluding hydrogens is 270 g/mol. The van der Waals surface area contributed by atoms with Crippen molar-refractivity contribution in [2.24, 2.45) is 0 Å². The average molecular weight is 283 g/mol. The molecule has 0 atom stereocenters. The lowest BCUT2D eigenvalue weighted by molar-refractivity contribution is -0.384. The molecule has 2 aromatic heterocycles. The van der Waals surface area contributed by atoms with Gasteiger partial charge in [0.15, 0.2) is 0 Å². The fourth-order valence-corrected chi connectivity index (χ4v) is 2.36. The minimum Gasteiger partial charge on any atom is -0.346 e. The van der Waals surface area contributed by atoms with Gasteiger partial charge in [-0.3, -0.25) is 14.9 Å². The van der Waals surface area contributed by atoms with Crippen molar-refractivity contribution in [3.8, 4) is 0 Å². The van der Waals surface area contributed by atoms with Crippen LogP contribution in [0, 0.1) is 10.1 Å². The Morgan fingerprint density at radius 1 is 1.00 bits per heavy atom. The maximum atomic E-state index is 11.6. The monoisotopic (exact) mass is 283 g/mol. The molecule has 0 N–H and O–H groups in total. The number of pyridine rings is 1. The largest absolute Gasteiger partial charge is 0.346 e. The topological polar surface area (TPSA) is 70.1 Å². The molecule has 0 spiro atoms. The summed E-state index contributed by atoms with van der Waals surface area (Å²) in [6, 6.07) is 11.7. The number of aryl methyl sites for hydroxylation is 2. The predicted octanol–water partition coefficient (Wildman–Crippen LogP) is 2.41. The molecule has 0 radical (unpaired) electrons. The molecule has 0 bridgehead atoms. The molecule has 0 unspecified atom stereocenters. The predicted molar refractivity (Wildman–Crippen MR) is 79.3 cm³/mol. The van der Waals surface area contributed by atoms with Crippen molar-refractivity contribution in [2.75, 3.05) is 0 Å². The molecule has 0 saturated heterocycles. The summed E-state index contributed by atoms with van der Waals surface area (Å²) in [5, 5.41) is 11.6. The lowest BCUT2D eigenvalue weighted by Crippen LogP contribution is -2.20. The van der Waals surface area contributed by atoms with Crippen molar-refractivity contribution >= 4 is 16.6 Å². The maximum absolute atomic E-state index is 11.6. The van der Waals surface area contributed by atoms with Gasteiger partial charge in [0, 0.05) is 54.6 Å². The van der Waals surface area contributed by atoms with E-state index >= 15 is 0 Å². The van der Waals surface area contributed by atoms with Crippen LogP contribution in [0.5, 0.6) is 0 Å². The van der Waals surface area contributed by atoms with Crippen molar-refractivity contribution in [1.29, 1.82) is 0 Å². The van der Waals surface area contributed by atoms with E-state index in [1.165, 1.54) is 12.1 Å². The third kappa shape index (κ3) is 2.55. The zero-order valence-electron chi connectivity index (χ0n) is 11.2. The Morgan fingerprint density at radius 3 is 2.57 bits per heavy atom. The number of hydrogen-bond donors (Lipinski definition) is 0. The van der Waals surface area contributed by atoms with Crippen LogP contribution in [0.25, 0.3) is 10.9 Å². The molecule has 0 amide bonds. The smallest absolute Gasteiger partial charge is 0.270 e. The minimum absolute atomic E-state index is 0.0374. The normalized spacial score (nSPS) is 10.9. The van der Waals surface area contributed by atoms with Gasteiger partial charge in [0.25, 0.3) is 11.2 Å². The third-order valence-electron chi connectivity index (χ3n) is 3.45. The second-order valence-corrected chi connectivity index (χ2v) is 4.74. The molecule has 6 heteroatoms. The SMILES string of the molecule is O=c1ccccn1CCn1ccc2cc([N+](=O)[O-])ccc21. The van der Waals surface area contributed by atoms with Gasteiger partial charge in [-0.15, -0.1) is 0 Å². The fraction of sp³-hybridized carbons (Fsp3) is 0.133. The quantitative estimate of drug-likeness (QED) is 0.545. The lowest BCUT2D eigenvalue weighted by atomic mass is 10.2. The Balaban J connectivity index is 1.87.